The van der Waals surface area contributed by atoms with E-state index < -0.39 is 5.60 Å². The molecule has 2 fully saturated rings. The largest absolute Gasteiger partial charge is 0.388 e. The van der Waals surface area contributed by atoms with Crippen LogP contribution in [0.2, 0.25) is 0 Å². The zero-order chi connectivity index (χ0) is 14.1. The summed E-state index contributed by atoms with van der Waals surface area (Å²) in [6.07, 6.45) is 3.99. The molecule has 2 unspecified atom stereocenters. The van der Waals surface area contributed by atoms with Crippen LogP contribution in [0, 0.1) is 17.3 Å². The van der Waals surface area contributed by atoms with Crippen LogP contribution in [-0.4, -0.2) is 36.2 Å². The van der Waals surface area contributed by atoms with Crippen molar-refractivity contribution in [3.8, 4) is 0 Å². The Balaban J connectivity index is 1.77. The van der Waals surface area contributed by atoms with E-state index in [1.165, 1.54) is 0 Å². The first-order valence-electron chi connectivity index (χ1n) is 7.55. The van der Waals surface area contributed by atoms with Crippen LogP contribution in [-0.2, 0) is 4.79 Å². The van der Waals surface area contributed by atoms with E-state index in [4.69, 9.17) is 0 Å². The van der Waals surface area contributed by atoms with Gasteiger partial charge in [0.25, 0.3) is 0 Å². The third kappa shape index (κ3) is 3.69. The van der Waals surface area contributed by atoms with Crippen LogP contribution < -0.4 is 10.6 Å². The van der Waals surface area contributed by atoms with Crippen LogP contribution in [0.1, 0.15) is 46.5 Å². The van der Waals surface area contributed by atoms with Gasteiger partial charge in [0.05, 0.1) is 5.60 Å². The van der Waals surface area contributed by atoms with Gasteiger partial charge in [-0.15, -0.1) is 0 Å². The predicted octanol–water partition coefficient (Wildman–Crippen LogP) is 1.29. The molecule has 1 amide bonds. The Bertz CT molecular complexity index is 333. The van der Waals surface area contributed by atoms with Crippen LogP contribution >= 0.6 is 0 Å². The van der Waals surface area contributed by atoms with Crippen molar-refractivity contribution in [3.63, 3.8) is 0 Å². The Morgan fingerprint density at radius 2 is 2.11 bits per heavy atom. The van der Waals surface area contributed by atoms with Gasteiger partial charge in [0.1, 0.15) is 0 Å². The Morgan fingerprint density at radius 3 is 2.68 bits per heavy atom. The van der Waals surface area contributed by atoms with Gasteiger partial charge in [0.2, 0.25) is 5.91 Å². The van der Waals surface area contributed by atoms with Gasteiger partial charge in [-0.05, 0) is 57.0 Å². The average molecular weight is 268 g/mol. The number of piperidine rings is 1. The van der Waals surface area contributed by atoms with Gasteiger partial charge in [-0.3, -0.25) is 4.79 Å². The summed E-state index contributed by atoms with van der Waals surface area (Å²) in [4.78, 5) is 12.2. The lowest BCUT2D eigenvalue weighted by Gasteiger charge is -2.26. The van der Waals surface area contributed by atoms with Crippen LogP contribution in [0.15, 0.2) is 0 Å². The fraction of sp³-hybridized carbons (Fsp3) is 0.933. The lowest BCUT2D eigenvalue weighted by molar-refractivity contribution is -0.124. The van der Waals surface area contributed by atoms with E-state index in [0.717, 1.165) is 32.4 Å². The van der Waals surface area contributed by atoms with Crippen molar-refractivity contribution < 1.29 is 9.90 Å². The van der Waals surface area contributed by atoms with Crippen LogP contribution in [0.5, 0.6) is 0 Å². The van der Waals surface area contributed by atoms with E-state index in [0.29, 0.717) is 18.9 Å². The molecule has 0 radical (unpaired) electrons. The Kier molecular flexibility index (Phi) is 4.21. The minimum atomic E-state index is -0.792. The van der Waals surface area contributed by atoms with E-state index in [2.05, 4.69) is 24.5 Å². The van der Waals surface area contributed by atoms with Crippen molar-refractivity contribution in [2.75, 3.05) is 19.6 Å². The molecule has 1 aliphatic carbocycles. The third-order valence-electron chi connectivity index (χ3n) is 4.60. The van der Waals surface area contributed by atoms with E-state index in [1.54, 1.807) is 6.92 Å². The molecular weight excluding hydrogens is 240 g/mol. The third-order valence-corrected chi connectivity index (χ3v) is 4.60. The second-order valence-electron chi connectivity index (χ2n) is 7.18. The molecule has 2 rings (SSSR count). The fourth-order valence-corrected chi connectivity index (χ4v) is 3.55. The quantitative estimate of drug-likeness (QED) is 0.704. The second kappa shape index (κ2) is 5.41. The molecule has 19 heavy (non-hydrogen) atoms. The highest BCUT2D eigenvalue weighted by Crippen LogP contribution is 2.58. The highest BCUT2D eigenvalue weighted by molar-refractivity contribution is 5.82. The minimum absolute atomic E-state index is 0.144. The summed E-state index contributed by atoms with van der Waals surface area (Å²) < 4.78 is 0. The topological polar surface area (TPSA) is 61.4 Å². The zero-order valence-corrected chi connectivity index (χ0v) is 12.5. The number of hydrogen-bond donors (Lipinski definition) is 3. The summed E-state index contributed by atoms with van der Waals surface area (Å²) in [5.74, 6) is 0.763. The summed E-state index contributed by atoms with van der Waals surface area (Å²) in [5.41, 5.74) is -0.515. The van der Waals surface area contributed by atoms with Gasteiger partial charge in [0.15, 0.2) is 0 Å². The zero-order valence-electron chi connectivity index (χ0n) is 12.5. The van der Waals surface area contributed by atoms with Gasteiger partial charge in [0, 0.05) is 12.5 Å². The molecule has 3 N–H and O–H groups in total. The summed E-state index contributed by atoms with van der Waals surface area (Å²) in [7, 11) is 0. The molecule has 2 atom stereocenters. The van der Waals surface area contributed by atoms with Crippen molar-refractivity contribution in [3.05, 3.63) is 0 Å². The number of carbonyl (C=O) groups is 1. The molecule has 0 aromatic carbocycles. The van der Waals surface area contributed by atoms with E-state index in [-0.39, 0.29) is 17.2 Å². The van der Waals surface area contributed by atoms with Gasteiger partial charge in [-0.1, -0.05) is 13.8 Å². The van der Waals surface area contributed by atoms with E-state index in [1.807, 2.05) is 0 Å². The molecule has 110 valence electrons. The number of nitrogens with one attached hydrogen (secondary N) is 2. The average Bonchev–Trinajstić information content (AvgIpc) is 2.99. The van der Waals surface area contributed by atoms with Crippen molar-refractivity contribution in [2.45, 2.75) is 52.1 Å². The molecule has 2 aliphatic rings. The predicted molar refractivity (Wildman–Crippen MR) is 75.7 cm³/mol. The monoisotopic (exact) mass is 268 g/mol. The highest BCUT2D eigenvalue weighted by Gasteiger charge is 2.57. The molecule has 4 heteroatoms. The van der Waals surface area contributed by atoms with Gasteiger partial charge in [-0.25, -0.2) is 0 Å². The van der Waals surface area contributed by atoms with Crippen LogP contribution in [0.3, 0.4) is 0 Å². The molecule has 1 aliphatic heterocycles. The lowest BCUT2D eigenvalue weighted by Crippen LogP contribution is -2.43. The maximum absolute atomic E-state index is 12.2. The van der Waals surface area contributed by atoms with Crippen molar-refractivity contribution in [2.24, 2.45) is 17.3 Å². The SMILES string of the molecule is CC(C)CC(C)(O)CNC(=O)C1CC12CCNCC2. The van der Waals surface area contributed by atoms with Gasteiger partial charge < -0.3 is 15.7 Å². The van der Waals surface area contributed by atoms with Crippen molar-refractivity contribution >= 4 is 5.91 Å². The lowest BCUT2D eigenvalue weighted by atomic mass is 9.91. The number of hydrogen-bond acceptors (Lipinski definition) is 3. The normalized spacial score (nSPS) is 28.2. The van der Waals surface area contributed by atoms with Gasteiger partial charge in [-0.2, -0.15) is 0 Å². The molecule has 0 aromatic rings. The number of rotatable bonds is 5. The standard InChI is InChI=1S/C15H28N2O2/c1-11(2)8-14(3,19)10-17-13(18)12-9-15(12)4-6-16-7-5-15/h11-12,16,19H,4-10H2,1-3H3,(H,17,18). The van der Waals surface area contributed by atoms with Gasteiger partial charge >= 0.3 is 0 Å². The molecule has 1 saturated heterocycles. The molecule has 1 heterocycles. The number of aliphatic hydroxyl groups is 1. The Hall–Kier alpha value is -0.610. The summed E-state index contributed by atoms with van der Waals surface area (Å²) >= 11 is 0. The molecular formula is C15H28N2O2. The fourth-order valence-electron chi connectivity index (χ4n) is 3.55. The number of amides is 1. The Morgan fingerprint density at radius 1 is 1.47 bits per heavy atom. The molecule has 1 spiro atoms. The maximum atomic E-state index is 12.2. The second-order valence-corrected chi connectivity index (χ2v) is 7.18. The number of carbonyl (C=O) groups excluding carboxylic acids is 1. The first kappa shape index (κ1) is 14.8. The van der Waals surface area contributed by atoms with Crippen molar-refractivity contribution in [1.82, 2.24) is 10.6 Å². The first-order chi connectivity index (χ1) is 8.85. The van der Waals surface area contributed by atoms with E-state index >= 15 is 0 Å². The highest BCUT2D eigenvalue weighted by atomic mass is 16.3. The molecule has 4 nitrogen and oxygen atoms in total. The molecule has 0 bridgehead atoms. The van der Waals surface area contributed by atoms with Crippen LogP contribution in [0.25, 0.3) is 0 Å². The van der Waals surface area contributed by atoms with Crippen molar-refractivity contribution in [1.29, 1.82) is 0 Å². The smallest absolute Gasteiger partial charge is 0.223 e. The summed E-state index contributed by atoms with van der Waals surface area (Å²) in [6.45, 7) is 8.42. The minimum Gasteiger partial charge on any atom is -0.388 e. The van der Waals surface area contributed by atoms with Crippen LogP contribution in [0.4, 0.5) is 0 Å². The Labute approximate surface area is 116 Å². The first-order valence-corrected chi connectivity index (χ1v) is 7.55. The van der Waals surface area contributed by atoms with E-state index in [9.17, 15) is 9.90 Å². The summed E-state index contributed by atoms with van der Waals surface area (Å²) in [6, 6.07) is 0. The molecule has 1 saturated carbocycles. The summed E-state index contributed by atoms with van der Waals surface area (Å²) in [5, 5.41) is 16.5. The molecule has 0 aromatic heterocycles. The maximum Gasteiger partial charge on any atom is 0.223 e.